The maximum absolute atomic E-state index is 12.4. The van der Waals surface area contributed by atoms with Gasteiger partial charge in [-0.15, -0.1) is 10.2 Å². The monoisotopic (exact) mass is 374 g/mol. The van der Waals surface area contributed by atoms with Gasteiger partial charge in [-0.1, -0.05) is 36.7 Å². The average molecular weight is 375 g/mol. The molecule has 1 atom stereocenters. The molecule has 6 nitrogen and oxygen atoms in total. The molecule has 2 aromatic rings. The number of rotatable bonds is 7. The highest BCUT2D eigenvalue weighted by molar-refractivity contribution is 8.00. The van der Waals surface area contributed by atoms with Crippen LogP contribution in [0.2, 0.25) is 0 Å². The molecule has 140 valence electrons. The van der Waals surface area contributed by atoms with Gasteiger partial charge in [-0.05, 0) is 37.5 Å². The van der Waals surface area contributed by atoms with E-state index in [1.54, 1.807) is 7.11 Å². The van der Waals surface area contributed by atoms with Crippen molar-refractivity contribution in [3.05, 3.63) is 35.7 Å². The molecule has 1 aliphatic rings. The zero-order valence-electron chi connectivity index (χ0n) is 15.6. The van der Waals surface area contributed by atoms with Crippen molar-refractivity contribution in [1.82, 2.24) is 20.1 Å². The van der Waals surface area contributed by atoms with Crippen molar-refractivity contribution >= 4 is 17.7 Å². The molecule has 0 spiro atoms. The van der Waals surface area contributed by atoms with Crippen LogP contribution in [-0.2, 0) is 18.3 Å². The molecule has 1 N–H and O–H groups in total. The number of nitrogens with one attached hydrogen (secondary N) is 1. The van der Waals surface area contributed by atoms with Gasteiger partial charge in [-0.25, -0.2) is 0 Å². The van der Waals surface area contributed by atoms with Crippen molar-refractivity contribution in [3.63, 3.8) is 0 Å². The number of ether oxygens (including phenoxy) is 1. The van der Waals surface area contributed by atoms with Crippen molar-refractivity contribution < 1.29 is 9.53 Å². The van der Waals surface area contributed by atoms with E-state index in [2.05, 4.69) is 15.5 Å². The zero-order valence-corrected chi connectivity index (χ0v) is 16.4. The van der Waals surface area contributed by atoms with Crippen LogP contribution in [0, 0.1) is 0 Å². The van der Waals surface area contributed by atoms with E-state index in [0.717, 1.165) is 35.1 Å². The van der Waals surface area contributed by atoms with Crippen molar-refractivity contribution in [2.45, 2.75) is 55.5 Å². The minimum Gasteiger partial charge on any atom is -0.497 e. The number of thioether (sulfide) groups is 1. The maximum atomic E-state index is 12.4. The lowest BCUT2D eigenvalue weighted by Gasteiger charge is -2.16. The summed E-state index contributed by atoms with van der Waals surface area (Å²) in [6.45, 7) is 1.92. The van der Waals surface area contributed by atoms with E-state index in [9.17, 15) is 4.79 Å². The molecule has 1 aromatic heterocycles. The van der Waals surface area contributed by atoms with Crippen molar-refractivity contribution in [2.24, 2.45) is 7.05 Å². The lowest BCUT2D eigenvalue weighted by molar-refractivity contribution is -0.120. The van der Waals surface area contributed by atoms with E-state index < -0.39 is 0 Å². The predicted molar refractivity (Wildman–Crippen MR) is 103 cm³/mol. The van der Waals surface area contributed by atoms with Gasteiger partial charge in [0, 0.05) is 19.5 Å². The molecular weight excluding hydrogens is 348 g/mol. The van der Waals surface area contributed by atoms with E-state index >= 15 is 0 Å². The Morgan fingerprint density at radius 3 is 2.65 bits per heavy atom. The summed E-state index contributed by atoms with van der Waals surface area (Å²) in [5, 5.41) is 12.3. The standard InChI is InChI=1S/C19H26N4O2S/c1-13(18(24)20-15-6-4-5-7-15)26-19-22-21-17(23(19)2)12-14-8-10-16(25-3)11-9-14/h8-11,13,15H,4-7,12H2,1-3H3,(H,20,24). The lowest BCUT2D eigenvalue weighted by Crippen LogP contribution is -2.37. The number of nitrogens with zero attached hydrogens (tertiary/aromatic N) is 3. The zero-order chi connectivity index (χ0) is 18.5. The van der Waals surface area contributed by atoms with E-state index in [0.29, 0.717) is 12.5 Å². The molecule has 3 rings (SSSR count). The predicted octanol–water partition coefficient (Wildman–Crippen LogP) is 2.95. The number of hydrogen-bond acceptors (Lipinski definition) is 5. The average Bonchev–Trinajstić information content (AvgIpc) is 3.27. The normalized spacial score (nSPS) is 15.8. The maximum Gasteiger partial charge on any atom is 0.233 e. The van der Waals surface area contributed by atoms with Gasteiger partial charge in [0.25, 0.3) is 0 Å². The summed E-state index contributed by atoms with van der Waals surface area (Å²) in [6.07, 6.45) is 5.31. The third-order valence-electron chi connectivity index (χ3n) is 4.80. The molecular formula is C19H26N4O2S. The number of aromatic nitrogens is 3. The number of hydrogen-bond donors (Lipinski definition) is 1. The molecule has 1 aromatic carbocycles. The first-order chi connectivity index (χ1) is 12.6. The Bertz CT molecular complexity index is 738. The van der Waals surface area contributed by atoms with Crippen molar-refractivity contribution in [3.8, 4) is 5.75 Å². The largest absolute Gasteiger partial charge is 0.497 e. The second-order valence-electron chi connectivity index (χ2n) is 6.73. The molecule has 1 fully saturated rings. The number of carbonyl (C=O) groups excluding carboxylic acids is 1. The highest BCUT2D eigenvalue weighted by Gasteiger charge is 2.23. The molecule has 1 aliphatic carbocycles. The van der Waals surface area contributed by atoms with Crippen molar-refractivity contribution in [2.75, 3.05) is 7.11 Å². The SMILES string of the molecule is COc1ccc(Cc2nnc(SC(C)C(=O)NC3CCCC3)n2C)cc1. The van der Waals surface area contributed by atoms with Crippen LogP contribution in [0.1, 0.15) is 44.0 Å². The van der Waals surface area contributed by atoms with E-state index in [-0.39, 0.29) is 11.2 Å². The summed E-state index contributed by atoms with van der Waals surface area (Å²) in [5.41, 5.74) is 1.14. The second kappa shape index (κ2) is 8.58. The fourth-order valence-corrected chi connectivity index (χ4v) is 3.97. The number of benzene rings is 1. The van der Waals surface area contributed by atoms with Crippen LogP contribution in [-0.4, -0.2) is 39.1 Å². The highest BCUT2D eigenvalue weighted by Crippen LogP contribution is 2.24. The molecule has 26 heavy (non-hydrogen) atoms. The first-order valence-corrected chi connectivity index (χ1v) is 9.93. The van der Waals surface area contributed by atoms with Crippen LogP contribution in [0.5, 0.6) is 5.75 Å². The van der Waals surface area contributed by atoms with Gasteiger partial charge < -0.3 is 14.6 Å². The molecule has 1 unspecified atom stereocenters. The minimum atomic E-state index is -0.188. The Kier molecular flexibility index (Phi) is 6.19. The first kappa shape index (κ1) is 18.8. The van der Waals surface area contributed by atoms with Gasteiger partial charge in [-0.2, -0.15) is 0 Å². The van der Waals surface area contributed by atoms with Gasteiger partial charge in [0.1, 0.15) is 11.6 Å². The molecule has 1 heterocycles. The quantitative estimate of drug-likeness (QED) is 0.755. The van der Waals surface area contributed by atoms with E-state index in [4.69, 9.17) is 4.74 Å². The summed E-state index contributed by atoms with van der Waals surface area (Å²) in [5.74, 6) is 1.80. The topological polar surface area (TPSA) is 69.0 Å². The molecule has 0 radical (unpaired) electrons. The van der Waals surface area contributed by atoms with Crippen LogP contribution in [0.15, 0.2) is 29.4 Å². The Morgan fingerprint density at radius 2 is 2.00 bits per heavy atom. The first-order valence-electron chi connectivity index (χ1n) is 9.05. The third kappa shape index (κ3) is 4.58. The molecule has 0 bridgehead atoms. The lowest BCUT2D eigenvalue weighted by atomic mass is 10.1. The molecule has 1 amide bonds. The Morgan fingerprint density at radius 1 is 1.31 bits per heavy atom. The number of carbonyl (C=O) groups is 1. The Balaban J connectivity index is 1.59. The Hall–Kier alpha value is -2.02. The van der Waals surface area contributed by atoms with E-state index in [1.807, 2.05) is 42.8 Å². The fraction of sp³-hybridized carbons (Fsp3) is 0.526. The molecule has 7 heteroatoms. The summed E-state index contributed by atoms with van der Waals surface area (Å²) >= 11 is 1.46. The number of amides is 1. The minimum absolute atomic E-state index is 0.0848. The Labute approximate surface area is 158 Å². The fourth-order valence-electron chi connectivity index (χ4n) is 3.13. The second-order valence-corrected chi connectivity index (χ2v) is 8.04. The molecule has 0 saturated heterocycles. The summed E-state index contributed by atoms with van der Waals surface area (Å²) < 4.78 is 7.15. The van der Waals surface area contributed by atoms with Crippen LogP contribution in [0.4, 0.5) is 0 Å². The molecule has 0 aliphatic heterocycles. The smallest absolute Gasteiger partial charge is 0.233 e. The summed E-state index contributed by atoms with van der Waals surface area (Å²) in [4.78, 5) is 12.4. The van der Waals surface area contributed by atoms with Crippen LogP contribution in [0.25, 0.3) is 0 Å². The number of methoxy groups -OCH3 is 1. The van der Waals surface area contributed by atoms with Crippen LogP contribution in [0.3, 0.4) is 0 Å². The van der Waals surface area contributed by atoms with Crippen LogP contribution >= 0.6 is 11.8 Å². The summed E-state index contributed by atoms with van der Waals surface area (Å²) in [6, 6.07) is 8.28. The van der Waals surface area contributed by atoms with Gasteiger partial charge in [0.05, 0.1) is 12.4 Å². The van der Waals surface area contributed by atoms with Crippen molar-refractivity contribution in [1.29, 1.82) is 0 Å². The van der Waals surface area contributed by atoms with Gasteiger partial charge in [0.2, 0.25) is 5.91 Å². The summed E-state index contributed by atoms with van der Waals surface area (Å²) in [7, 11) is 3.61. The molecule has 1 saturated carbocycles. The van der Waals surface area contributed by atoms with Gasteiger partial charge >= 0.3 is 0 Å². The highest BCUT2D eigenvalue weighted by atomic mass is 32.2. The van der Waals surface area contributed by atoms with E-state index in [1.165, 1.54) is 24.6 Å². The van der Waals surface area contributed by atoms with Crippen LogP contribution < -0.4 is 10.1 Å². The van der Waals surface area contributed by atoms with Gasteiger partial charge in [0.15, 0.2) is 5.16 Å². The third-order valence-corrected chi connectivity index (χ3v) is 5.93. The van der Waals surface area contributed by atoms with Gasteiger partial charge in [-0.3, -0.25) is 4.79 Å².